The molecule has 0 aliphatic rings. The average molecular weight is 284 g/mol. The van der Waals surface area contributed by atoms with Crippen molar-refractivity contribution >= 4 is 11.8 Å². The van der Waals surface area contributed by atoms with Gasteiger partial charge in [0, 0.05) is 4.90 Å². The molecule has 0 radical (unpaired) electrons. The Hall–Kier alpha value is -2.01. The first kappa shape index (κ1) is 13.4. The van der Waals surface area contributed by atoms with Gasteiger partial charge in [0.25, 0.3) is 0 Å². The second-order valence-corrected chi connectivity index (χ2v) is 4.66. The van der Waals surface area contributed by atoms with E-state index >= 15 is 0 Å². The first-order valence-corrected chi connectivity index (χ1v) is 5.90. The lowest BCUT2D eigenvalue weighted by Gasteiger charge is -2.09. The van der Waals surface area contributed by atoms with E-state index in [0.717, 1.165) is 23.9 Å². The maximum atomic E-state index is 12.8. The Balaban J connectivity index is 2.36. The fourth-order valence-electron chi connectivity index (χ4n) is 1.39. The molecule has 98 valence electrons. The van der Waals surface area contributed by atoms with E-state index in [0.29, 0.717) is 15.9 Å². The summed E-state index contributed by atoms with van der Waals surface area (Å²) >= 11 is 0.995. The van der Waals surface area contributed by atoms with Gasteiger partial charge in [-0.3, -0.25) is 5.10 Å². The van der Waals surface area contributed by atoms with Crippen LogP contribution in [0.1, 0.15) is 17.0 Å². The van der Waals surface area contributed by atoms with Gasteiger partial charge < -0.3 is 0 Å². The van der Waals surface area contributed by atoms with Crippen LogP contribution < -0.4 is 0 Å². The topological polar surface area (TPSA) is 65.4 Å². The van der Waals surface area contributed by atoms with Crippen LogP contribution in [0, 0.1) is 18.3 Å². The number of alkyl halides is 3. The number of benzene rings is 1. The summed E-state index contributed by atoms with van der Waals surface area (Å²) in [6, 6.07) is 5.03. The molecule has 0 unspecified atom stereocenters. The molecule has 19 heavy (non-hydrogen) atoms. The summed E-state index contributed by atoms with van der Waals surface area (Å²) in [6.07, 6.45) is -4.56. The molecule has 0 fully saturated rings. The van der Waals surface area contributed by atoms with Gasteiger partial charge in [-0.15, -0.1) is 5.10 Å². The van der Waals surface area contributed by atoms with Gasteiger partial charge in [-0.1, -0.05) is 0 Å². The molecule has 0 spiro atoms. The predicted molar refractivity (Wildman–Crippen MR) is 61.4 cm³/mol. The summed E-state index contributed by atoms with van der Waals surface area (Å²) in [7, 11) is 0. The largest absolute Gasteiger partial charge is 0.417 e. The van der Waals surface area contributed by atoms with Crippen LogP contribution in [0.4, 0.5) is 13.2 Å². The van der Waals surface area contributed by atoms with Gasteiger partial charge in [0.2, 0.25) is 5.16 Å². The smallest absolute Gasteiger partial charge is 0.262 e. The lowest BCUT2D eigenvalue weighted by atomic mass is 10.1. The van der Waals surface area contributed by atoms with Crippen molar-refractivity contribution in [2.75, 3.05) is 0 Å². The molecule has 1 aromatic carbocycles. The van der Waals surface area contributed by atoms with Crippen LogP contribution >= 0.6 is 11.8 Å². The normalized spacial score (nSPS) is 11.3. The second kappa shape index (κ2) is 4.93. The fraction of sp³-hybridized carbons (Fsp3) is 0.182. The molecule has 4 nitrogen and oxygen atoms in total. The number of aromatic amines is 1. The number of nitrogens with zero attached hydrogens (tertiary/aromatic N) is 3. The maximum absolute atomic E-state index is 12.8. The number of halogens is 3. The fourth-order valence-corrected chi connectivity index (χ4v) is 2.19. The summed E-state index contributed by atoms with van der Waals surface area (Å²) < 4.78 is 38.3. The van der Waals surface area contributed by atoms with Gasteiger partial charge in [-0.25, -0.2) is 4.98 Å². The van der Waals surface area contributed by atoms with E-state index in [4.69, 9.17) is 5.26 Å². The summed E-state index contributed by atoms with van der Waals surface area (Å²) in [4.78, 5) is 4.31. The molecule has 0 aliphatic heterocycles. The minimum atomic E-state index is -4.56. The van der Waals surface area contributed by atoms with Gasteiger partial charge in [-0.05, 0) is 36.9 Å². The third-order valence-corrected chi connectivity index (χ3v) is 3.06. The van der Waals surface area contributed by atoms with Gasteiger partial charge in [-0.2, -0.15) is 18.4 Å². The monoisotopic (exact) mass is 284 g/mol. The highest BCUT2D eigenvalue weighted by Gasteiger charge is 2.33. The Labute approximate surface area is 110 Å². The van der Waals surface area contributed by atoms with Crippen LogP contribution in [0.25, 0.3) is 0 Å². The number of hydrogen-bond donors (Lipinski definition) is 1. The Morgan fingerprint density at radius 1 is 1.37 bits per heavy atom. The van der Waals surface area contributed by atoms with E-state index in [1.54, 1.807) is 6.92 Å². The number of nitriles is 1. The highest BCUT2D eigenvalue weighted by Crippen LogP contribution is 2.35. The van der Waals surface area contributed by atoms with Crippen LogP contribution in [0.2, 0.25) is 0 Å². The summed E-state index contributed by atoms with van der Waals surface area (Å²) in [5.74, 6) is 0.576. The van der Waals surface area contributed by atoms with Crippen LogP contribution in [0.3, 0.4) is 0 Å². The molecular formula is C11H7F3N4S. The van der Waals surface area contributed by atoms with Gasteiger partial charge >= 0.3 is 6.18 Å². The average Bonchev–Trinajstić information content (AvgIpc) is 2.73. The van der Waals surface area contributed by atoms with Crippen LogP contribution in [-0.4, -0.2) is 15.2 Å². The Morgan fingerprint density at radius 3 is 2.63 bits per heavy atom. The highest BCUT2D eigenvalue weighted by atomic mass is 32.2. The number of rotatable bonds is 2. The van der Waals surface area contributed by atoms with E-state index in [1.165, 1.54) is 12.1 Å². The molecular weight excluding hydrogens is 277 g/mol. The zero-order chi connectivity index (χ0) is 14.0. The molecule has 8 heteroatoms. The zero-order valence-corrected chi connectivity index (χ0v) is 10.4. The van der Waals surface area contributed by atoms with Gasteiger partial charge in [0.15, 0.2) is 0 Å². The molecule has 0 saturated heterocycles. The van der Waals surface area contributed by atoms with Crippen molar-refractivity contribution in [1.29, 1.82) is 5.26 Å². The van der Waals surface area contributed by atoms with Crippen LogP contribution in [0.15, 0.2) is 28.3 Å². The Kier molecular flexibility index (Phi) is 3.48. The number of aromatic nitrogens is 3. The van der Waals surface area contributed by atoms with Crippen molar-refractivity contribution < 1.29 is 13.2 Å². The van der Waals surface area contributed by atoms with Crippen molar-refractivity contribution in [2.24, 2.45) is 0 Å². The van der Waals surface area contributed by atoms with Gasteiger partial charge in [0.05, 0.1) is 17.2 Å². The van der Waals surface area contributed by atoms with E-state index in [2.05, 4.69) is 15.2 Å². The van der Waals surface area contributed by atoms with E-state index in [9.17, 15) is 13.2 Å². The number of hydrogen-bond acceptors (Lipinski definition) is 4. The number of aryl methyl sites for hydroxylation is 1. The molecule has 0 bridgehead atoms. The van der Waals surface area contributed by atoms with Crippen LogP contribution in [0.5, 0.6) is 0 Å². The molecule has 1 aromatic heterocycles. The number of nitrogens with one attached hydrogen (secondary N) is 1. The summed E-state index contributed by atoms with van der Waals surface area (Å²) in [5.41, 5.74) is -1.35. The lowest BCUT2D eigenvalue weighted by Crippen LogP contribution is -2.07. The molecule has 0 atom stereocenters. The first-order valence-electron chi connectivity index (χ1n) is 5.08. The molecule has 2 rings (SSSR count). The molecule has 0 saturated carbocycles. The van der Waals surface area contributed by atoms with Crippen molar-refractivity contribution in [3.05, 3.63) is 35.2 Å². The summed E-state index contributed by atoms with van der Waals surface area (Å²) in [6.45, 7) is 1.69. The van der Waals surface area contributed by atoms with Crippen molar-refractivity contribution in [1.82, 2.24) is 15.2 Å². The lowest BCUT2D eigenvalue weighted by molar-refractivity contribution is -0.137. The minimum absolute atomic E-state index is 0.324. The van der Waals surface area contributed by atoms with E-state index < -0.39 is 17.3 Å². The third kappa shape index (κ3) is 3.06. The molecule has 0 aliphatic carbocycles. The molecule has 1 heterocycles. The molecule has 1 N–H and O–H groups in total. The van der Waals surface area contributed by atoms with Crippen molar-refractivity contribution in [2.45, 2.75) is 23.2 Å². The Bertz CT molecular complexity index is 642. The second-order valence-electron chi connectivity index (χ2n) is 3.62. The quantitative estimate of drug-likeness (QED) is 0.920. The van der Waals surface area contributed by atoms with Crippen LogP contribution in [-0.2, 0) is 6.18 Å². The first-order chi connectivity index (χ1) is 8.90. The molecule has 0 amide bonds. The van der Waals surface area contributed by atoms with E-state index in [1.807, 2.05) is 0 Å². The minimum Gasteiger partial charge on any atom is -0.262 e. The van der Waals surface area contributed by atoms with Crippen molar-refractivity contribution in [3.63, 3.8) is 0 Å². The maximum Gasteiger partial charge on any atom is 0.417 e. The highest BCUT2D eigenvalue weighted by molar-refractivity contribution is 7.99. The zero-order valence-electron chi connectivity index (χ0n) is 9.62. The standard InChI is InChI=1S/C11H7F3N4S/c1-6-16-10(18-17-6)19-8-3-2-7(5-15)9(4-8)11(12,13)14/h2-4H,1H3,(H,16,17,18). The van der Waals surface area contributed by atoms with Crippen molar-refractivity contribution in [3.8, 4) is 6.07 Å². The van der Waals surface area contributed by atoms with Gasteiger partial charge in [0.1, 0.15) is 5.82 Å². The SMILES string of the molecule is Cc1nc(Sc2ccc(C#N)c(C(F)(F)F)c2)n[nH]1. The summed E-state index contributed by atoms with van der Waals surface area (Å²) in [5, 5.41) is 15.4. The molecule has 2 aromatic rings. The third-order valence-electron chi connectivity index (χ3n) is 2.20. The number of H-pyrrole nitrogens is 1. The predicted octanol–water partition coefficient (Wildman–Crippen LogP) is 3.15. The van der Waals surface area contributed by atoms with E-state index in [-0.39, 0.29) is 0 Å². The Morgan fingerprint density at radius 2 is 2.11 bits per heavy atom.